The van der Waals surface area contributed by atoms with Crippen LogP contribution in [0.3, 0.4) is 0 Å². The molecule has 5 rings (SSSR count). The second-order valence-corrected chi connectivity index (χ2v) is 8.98. The average molecular weight is 475 g/mol. The van der Waals surface area contributed by atoms with Crippen LogP contribution in [0.25, 0.3) is 21.1 Å². The normalized spacial score (nSPS) is 12.0. The fourth-order valence-corrected chi connectivity index (χ4v) is 4.82. The van der Waals surface area contributed by atoms with Crippen LogP contribution in [0.1, 0.15) is 15.9 Å². The summed E-state index contributed by atoms with van der Waals surface area (Å²) in [6.45, 7) is 0. The number of amides is 2. The summed E-state index contributed by atoms with van der Waals surface area (Å²) in [7, 11) is 0. The minimum atomic E-state index is -0.833. The third-order valence-corrected chi connectivity index (χ3v) is 6.64. The molecule has 164 valence electrons. The van der Waals surface area contributed by atoms with Crippen LogP contribution < -0.4 is 10.6 Å². The number of rotatable bonds is 6. The van der Waals surface area contributed by atoms with E-state index in [4.69, 9.17) is 11.6 Å². The van der Waals surface area contributed by atoms with Crippen molar-refractivity contribution in [2.45, 2.75) is 12.5 Å². The van der Waals surface area contributed by atoms with E-state index in [0.717, 1.165) is 26.7 Å². The van der Waals surface area contributed by atoms with Gasteiger partial charge in [-0.1, -0.05) is 65.4 Å². The molecular weight excluding hydrogens is 456 g/mol. The Labute approximate surface area is 198 Å². The fraction of sp³-hybridized carbons (Fsp3) is 0.0800. The molecule has 0 spiro atoms. The molecule has 0 unspecified atom stereocenters. The van der Waals surface area contributed by atoms with Gasteiger partial charge < -0.3 is 15.6 Å². The Balaban J connectivity index is 1.43. The highest BCUT2D eigenvalue weighted by atomic mass is 35.5. The SMILES string of the molecule is O=C(N[C@H](Cc1c[nH]c2ccccc12)C(=O)Nc1nc2ccccc2s1)c1ccccc1Cl. The minimum absolute atomic E-state index is 0.303. The Morgan fingerprint density at radius 3 is 2.61 bits per heavy atom. The second-order valence-electron chi connectivity index (χ2n) is 7.55. The highest BCUT2D eigenvalue weighted by molar-refractivity contribution is 7.22. The number of aromatic amines is 1. The number of hydrogen-bond donors (Lipinski definition) is 3. The molecule has 5 aromatic rings. The van der Waals surface area contributed by atoms with E-state index in [0.29, 0.717) is 22.1 Å². The number of halogens is 1. The van der Waals surface area contributed by atoms with Crippen molar-refractivity contribution in [3.8, 4) is 0 Å². The first-order valence-corrected chi connectivity index (χ1v) is 11.5. The van der Waals surface area contributed by atoms with Gasteiger partial charge in [-0.15, -0.1) is 0 Å². The highest BCUT2D eigenvalue weighted by Crippen LogP contribution is 2.26. The molecule has 33 heavy (non-hydrogen) atoms. The second kappa shape index (κ2) is 9.05. The molecular formula is C25H19ClN4O2S. The molecule has 0 radical (unpaired) electrons. The molecule has 0 saturated carbocycles. The van der Waals surface area contributed by atoms with Crippen molar-refractivity contribution in [2.24, 2.45) is 0 Å². The van der Waals surface area contributed by atoms with E-state index in [1.165, 1.54) is 11.3 Å². The molecule has 2 heterocycles. The van der Waals surface area contributed by atoms with Gasteiger partial charge >= 0.3 is 0 Å². The Morgan fingerprint density at radius 2 is 1.76 bits per heavy atom. The Morgan fingerprint density at radius 1 is 1.00 bits per heavy atom. The van der Waals surface area contributed by atoms with Gasteiger partial charge in [0.2, 0.25) is 5.91 Å². The van der Waals surface area contributed by atoms with Crippen molar-refractivity contribution in [1.29, 1.82) is 0 Å². The molecule has 0 saturated heterocycles. The van der Waals surface area contributed by atoms with E-state index in [2.05, 4.69) is 20.6 Å². The quantitative estimate of drug-likeness (QED) is 0.307. The summed E-state index contributed by atoms with van der Waals surface area (Å²) >= 11 is 7.59. The lowest BCUT2D eigenvalue weighted by molar-refractivity contribution is -0.118. The van der Waals surface area contributed by atoms with Crippen molar-refractivity contribution in [1.82, 2.24) is 15.3 Å². The van der Waals surface area contributed by atoms with Crippen LogP contribution in [0.5, 0.6) is 0 Å². The monoisotopic (exact) mass is 474 g/mol. The number of para-hydroxylation sites is 2. The number of nitrogens with zero attached hydrogens (tertiary/aromatic N) is 1. The summed E-state index contributed by atoms with van der Waals surface area (Å²) in [6.07, 6.45) is 2.17. The molecule has 1 atom stereocenters. The first-order valence-electron chi connectivity index (χ1n) is 10.4. The van der Waals surface area contributed by atoms with Gasteiger partial charge in [0.05, 0.1) is 20.8 Å². The number of thiazole rings is 1. The number of fused-ring (bicyclic) bond motifs is 2. The van der Waals surface area contributed by atoms with Crippen LogP contribution in [0.4, 0.5) is 5.13 Å². The third kappa shape index (κ3) is 4.46. The number of H-pyrrole nitrogens is 1. The third-order valence-electron chi connectivity index (χ3n) is 5.36. The molecule has 0 aliphatic carbocycles. The van der Waals surface area contributed by atoms with Crippen LogP contribution >= 0.6 is 22.9 Å². The number of aromatic nitrogens is 2. The molecule has 3 aromatic carbocycles. The maximum Gasteiger partial charge on any atom is 0.253 e. The smallest absolute Gasteiger partial charge is 0.253 e. The standard InChI is InChI=1S/C25H19ClN4O2S/c26-18-9-3-1-8-17(18)23(31)28-21(13-15-14-27-19-10-4-2-7-16(15)19)24(32)30-25-29-20-11-5-6-12-22(20)33-25/h1-12,14,21,27H,13H2,(H,28,31)(H,29,30,32)/t21-/m1/s1. The molecule has 2 amide bonds. The summed E-state index contributed by atoms with van der Waals surface area (Å²) in [5.74, 6) is -0.760. The van der Waals surface area contributed by atoms with E-state index in [9.17, 15) is 9.59 Å². The van der Waals surface area contributed by atoms with Gasteiger partial charge in [-0.2, -0.15) is 0 Å². The van der Waals surface area contributed by atoms with E-state index in [-0.39, 0.29) is 5.91 Å². The fourth-order valence-electron chi connectivity index (χ4n) is 3.73. The molecule has 0 fully saturated rings. The Bertz CT molecular complexity index is 1440. The number of nitrogens with one attached hydrogen (secondary N) is 3. The first kappa shape index (κ1) is 21.2. The van der Waals surface area contributed by atoms with Gasteiger partial charge in [0.25, 0.3) is 5.91 Å². The molecule has 0 aliphatic rings. The predicted molar refractivity (Wildman–Crippen MR) is 133 cm³/mol. The van der Waals surface area contributed by atoms with Crippen molar-refractivity contribution >= 4 is 61.0 Å². The average Bonchev–Trinajstić information content (AvgIpc) is 3.42. The highest BCUT2D eigenvalue weighted by Gasteiger charge is 2.25. The summed E-state index contributed by atoms with van der Waals surface area (Å²) in [4.78, 5) is 34.0. The van der Waals surface area contributed by atoms with Gasteiger partial charge in [-0.3, -0.25) is 9.59 Å². The van der Waals surface area contributed by atoms with Crippen molar-refractivity contribution in [3.63, 3.8) is 0 Å². The van der Waals surface area contributed by atoms with Gasteiger partial charge in [-0.25, -0.2) is 4.98 Å². The van der Waals surface area contributed by atoms with Gasteiger partial charge in [0.1, 0.15) is 6.04 Å². The lowest BCUT2D eigenvalue weighted by Gasteiger charge is -2.18. The largest absolute Gasteiger partial charge is 0.361 e. The topological polar surface area (TPSA) is 86.9 Å². The number of hydrogen-bond acceptors (Lipinski definition) is 4. The zero-order chi connectivity index (χ0) is 22.8. The first-order chi connectivity index (χ1) is 16.1. The van der Waals surface area contributed by atoms with Gasteiger partial charge in [0, 0.05) is 23.5 Å². The maximum atomic E-state index is 13.3. The lowest BCUT2D eigenvalue weighted by Crippen LogP contribution is -2.45. The molecule has 8 heteroatoms. The number of carbonyl (C=O) groups is 2. The number of benzene rings is 3. The molecule has 0 aliphatic heterocycles. The van der Waals surface area contributed by atoms with Crippen LogP contribution in [-0.2, 0) is 11.2 Å². The van der Waals surface area contributed by atoms with E-state index in [1.807, 2.05) is 54.7 Å². The number of carbonyl (C=O) groups excluding carboxylic acids is 2. The van der Waals surface area contributed by atoms with Crippen LogP contribution in [0, 0.1) is 0 Å². The minimum Gasteiger partial charge on any atom is -0.361 e. The Kier molecular flexibility index (Phi) is 5.81. The summed E-state index contributed by atoms with van der Waals surface area (Å²) in [5.41, 5.74) is 3.02. The molecule has 6 nitrogen and oxygen atoms in total. The summed E-state index contributed by atoms with van der Waals surface area (Å²) in [5, 5.41) is 7.54. The maximum absolute atomic E-state index is 13.3. The molecule has 3 N–H and O–H groups in total. The van der Waals surface area contributed by atoms with E-state index in [1.54, 1.807) is 24.3 Å². The van der Waals surface area contributed by atoms with E-state index < -0.39 is 11.9 Å². The van der Waals surface area contributed by atoms with Crippen molar-refractivity contribution < 1.29 is 9.59 Å². The lowest BCUT2D eigenvalue weighted by atomic mass is 10.0. The zero-order valence-corrected chi connectivity index (χ0v) is 18.9. The number of anilines is 1. The van der Waals surface area contributed by atoms with E-state index >= 15 is 0 Å². The summed E-state index contributed by atoms with van der Waals surface area (Å²) < 4.78 is 0.973. The zero-order valence-electron chi connectivity index (χ0n) is 17.3. The van der Waals surface area contributed by atoms with Gasteiger partial charge in [0.15, 0.2) is 5.13 Å². The summed E-state index contributed by atoms with van der Waals surface area (Å²) in [6, 6.07) is 21.4. The Hall–Kier alpha value is -3.68. The van der Waals surface area contributed by atoms with Crippen LogP contribution in [0.15, 0.2) is 79.0 Å². The van der Waals surface area contributed by atoms with Gasteiger partial charge in [-0.05, 0) is 35.9 Å². The van der Waals surface area contributed by atoms with Crippen molar-refractivity contribution in [2.75, 3.05) is 5.32 Å². The molecule has 0 bridgehead atoms. The van der Waals surface area contributed by atoms with Crippen LogP contribution in [0.2, 0.25) is 5.02 Å². The van der Waals surface area contributed by atoms with Crippen molar-refractivity contribution in [3.05, 3.63) is 95.1 Å². The predicted octanol–water partition coefficient (Wildman–Crippen LogP) is 5.41. The molecule has 2 aromatic heterocycles. The van der Waals surface area contributed by atoms with Crippen LogP contribution in [-0.4, -0.2) is 27.8 Å².